The monoisotopic (exact) mass is 232 g/mol. The number of aromatic nitrogens is 1. The molecule has 0 saturated carbocycles. The Morgan fingerprint density at radius 1 is 1.41 bits per heavy atom. The molecule has 1 aromatic heterocycles. The smallest absolute Gasteiger partial charge is 0.308 e. The molecular weight excluding hydrogens is 216 g/mol. The Balaban J connectivity index is 2.39. The summed E-state index contributed by atoms with van der Waals surface area (Å²) in [4.78, 5) is 16.2. The van der Waals surface area contributed by atoms with E-state index in [4.69, 9.17) is 4.74 Å². The number of benzene rings is 1. The van der Waals surface area contributed by atoms with Crippen molar-refractivity contribution in [1.82, 2.24) is 9.88 Å². The molecular formula is C13H16N2O2. The molecule has 0 aliphatic carbocycles. The first kappa shape index (κ1) is 11.7. The molecule has 0 aliphatic heterocycles. The summed E-state index contributed by atoms with van der Waals surface area (Å²) in [6, 6.07) is 5.61. The van der Waals surface area contributed by atoms with Gasteiger partial charge in [-0.25, -0.2) is 0 Å². The summed E-state index contributed by atoms with van der Waals surface area (Å²) >= 11 is 0. The third kappa shape index (κ3) is 2.65. The van der Waals surface area contributed by atoms with Crippen molar-refractivity contribution in [3.05, 3.63) is 30.0 Å². The summed E-state index contributed by atoms with van der Waals surface area (Å²) in [6.07, 6.45) is 1.99. The Morgan fingerprint density at radius 2 is 2.18 bits per heavy atom. The molecule has 0 spiro atoms. The van der Waals surface area contributed by atoms with Gasteiger partial charge in [0.1, 0.15) is 5.75 Å². The van der Waals surface area contributed by atoms with Crippen molar-refractivity contribution in [2.45, 2.75) is 13.5 Å². The van der Waals surface area contributed by atoms with Crippen molar-refractivity contribution >= 4 is 16.9 Å². The highest BCUT2D eigenvalue weighted by Gasteiger charge is 2.07. The van der Waals surface area contributed by atoms with E-state index in [9.17, 15) is 4.79 Å². The van der Waals surface area contributed by atoms with Crippen LogP contribution in [0.15, 0.2) is 24.4 Å². The second kappa shape index (κ2) is 4.59. The Morgan fingerprint density at radius 3 is 2.82 bits per heavy atom. The molecule has 2 rings (SSSR count). The number of hydrogen-bond acceptors (Lipinski definition) is 3. The number of carbonyl (C=O) groups excluding carboxylic acids is 1. The van der Waals surface area contributed by atoms with Crippen molar-refractivity contribution in [1.29, 1.82) is 0 Å². The van der Waals surface area contributed by atoms with Crippen LogP contribution in [0.25, 0.3) is 10.9 Å². The number of fused-ring (bicyclic) bond motifs is 1. The van der Waals surface area contributed by atoms with E-state index in [2.05, 4.69) is 9.88 Å². The van der Waals surface area contributed by atoms with Crippen LogP contribution >= 0.6 is 0 Å². The van der Waals surface area contributed by atoms with Crippen LogP contribution in [0.2, 0.25) is 0 Å². The number of hydrogen-bond donors (Lipinski definition) is 1. The maximum atomic E-state index is 10.9. The zero-order chi connectivity index (χ0) is 12.4. The van der Waals surface area contributed by atoms with Gasteiger partial charge in [-0.1, -0.05) is 0 Å². The molecule has 0 fully saturated rings. The highest BCUT2D eigenvalue weighted by Crippen LogP contribution is 2.24. The second-order valence-corrected chi connectivity index (χ2v) is 4.35. The standard InChI is InChI=1S/C13H16N2O2/c1-9(16)17-11-4-5-13-12(6-11)10(7-14-13)8-15(2)3/h4-7,14H,8H2,1-3H3. The number of carbonyl (C=O) groups is 1. The molecule has 90 valence electrons. The average Bonchev–Trinajstić information content (AvgIpc) is 2.59. The Bertz CT molecular complexity index is 543. The van der Waals surface area contributed by atoms with Gasteiger partial charge in [0, 0.05) is 30.6 Å². The predicted molar refractivity (Wildman–Crippen MR) is 67.0 cm³/mol. The molecule has 0 unspecified atom stereocenters. The SMILES string of the molecule is CC(=O)Oc1ccc2[nH]cc(CN(C)C)c2c1. The molecule has 0 aliphatic rings. The zero-order valence-corrected chi connectivity index (χ0v) is 10.3. The molecule has 0 radical (unpaired) electrons. The number of aromatic amines is 1. The van der Waals surface area contributed by atoms with Crippen LogP contribution in [0.4, 0.5) is 0 Å². The topological polar surface area (TPSA) is 45.3 Å². The van der Waals surface area contributed by atoms with E-state index in [-0.39, 0.29) is 5.97 Å². The van der Waals surface area contributed by atoms with Gasteiger partial charge < -0.3 is 14.6 Å². The molecule has 17 heavy (non-hydrogen) atoms. The lowest BCUT2D eigenvalue weighted by atomic mass is 10.1. The second-order valence-electron chi connectivity index (χ2n) is 4.35. The van der Waals surface area contributed by atoms with Gasteiger partial charge in [0.2, 0.25) is 0 Å². The van der Waals surface area contributed by atoms with Crippen LogP contribution in [0.3, 0.4) is 0 Å². The fourth-order valence-electron chi connectivity index (χ4n) is 1.86. The van der Waals surface area contributed by atoms with Crippen LogP contribution in [0.1, 0.15) is 12.5 Å². The van der Waals surface area contributed by atoms with Crippen molar-refractivity contribution in [2.24, 2.45) is 0 Å². The minimum absolute atomic E-state index is 0.297. The zero-order valence-electron chi connectivity index (χ0n) is 10.3. The van der Waals surface area contributed by atoms with Crippen LogP contribution in [0.5, 0.6) is 5.75 Å². The molecule has 0 bridgehead atoms. The molecule has 1 aromatic carbocycles. The van der Waals surface area contributed by atoms with Crippen LogP contribution in [0, 0.1) is 0 Å². The highest BCUT2D eigenvalue weighted by atomic mass is 16.5. The number of nitrogens with zero attached hydrogens (tertiary/aromatic N) is 1. The van der Waals surface area contributed by atoms with E-state index < -0.39 is 0 Å². The fraction of sp³-hybridized carbons (Fsp3) is 0.308. The minimum atomic E-state index is -0.297. The summed E-state index contributed by atoms with van der Waals surface area (Å²) in [7, 11) is 4.05. The minimum Gasteiger partial charge on any atom is -0.427 e. The van der Waals surface area contributed by atoms with Crippen LogP contribution in [-0.4, -0.2) is 29.9 Å². The van der Waals surface area contributed by atoms with E-state index in [0.717, 1.165) is 17.4 Å². The van der Waals surface area contributed by atoms with Gasteiger partial charge in [0.05, 0.1) is 0 Å². The molecule has 0 amide bonds. The van der Waals surface area contributed by atoms with Crippen molar-refractivity contribution < 1.29 is 9.53 Å². The molecule has 2 aromatic rings. The van der Waals surface area contributed by atoms with E-state index in [1.807, 2.05) is 32.4 Å². The summed E-state index contributed by atoms with van der Waals surface area (Å²) in [5.41, 5.74) is 2.25. The third-order valence-electron chi connectivity index (χ3n) is 2.49. The van der Waals surface area contributed by atoms with E-state index in [1.54, 1.807) is 6.07 Å². The lowest BCUT2D eigenvalue weighted by Gasteiger charge is -2.08. The molecule has 0 saturated heterocycles. The van der Waals surface area contributed by atoms with E-state index >= 15 is 0 Å². The Labute approximate surface area is 100 Å². The molecule has 0 atom stereocenters. The van der Waals surface area contributed by atoms with Gasteiger partial charge in [-0.15, -0.1) is 0 Å². The van der Waals surface area contributed by atoms with Gasteiger partial charge in [0.25, 0.3) is 0 Å². The van der Waals surface area contributed by atoms with Crippen LogP contribution in [-0.2, 0) is 11.3 Å². The first-order valence-corrected chi connectivity index (χ1v) is 5.49. The summed E-state index contributed by atoms with van der Waals surface area (Å²) in [6.45, 7) is 2.26. The van der Waals surface area contributed by atoms with E-state index in [1.165, 1.54) is 12.5 Å². The summed E-state index contributed by atoms with van der Waals surface area (Å²) in [5.74, 6) is 0.290. The Kier molecular flexibility index (Phi) is 3.15. The first-order chi connectivity index (χ1) is 8.06. The van der Waals surface area contributed by atoms with Crippen molar-refractivity contribution in [2.75, 3.05) is 14.1 Å². The lowest BCUT2D eigenvalue weighted by molar-refractivity contribution is -0.131. The van der Waals surface area contributed by atoms with Gasteiger partial charge in [-0.2, -0.15) is 0 Å². The number of esters is 1. The van der Waals surface area contributed by atoms with E-state index in [0.29, 0.717) is 5.75 Å². The summed E-state index contributed by atoms with van der Waals surface area (Å²) in [5, 5.41) is 1.09. The molecule has 1 heterocycles. The quantitative estimate of drug-likeness (QED) is 0.651. The predicted octanol–water partition coefficient (Wildman–Crippen LogP) is 2.15. The maximum absolute atomic E-state index is 10.9. The van der Waals surface area contributed by atoms with Crippen LogP contribution < -0.4 is 4.74 Å². The number of nitrogens with one attached hydrogen (secondary N) is 1. The largest absolute Gasteiger partial charge is 0.427 e. The summed E-state index contributed by atoms with van der Waals surface area (Å²) < 4.78 is 5.09. The normalized spacial score (nSPS) is 11.1. The average molecular weight is 232 g/mol. The van der Waals surface area contributed by atoms with Gasteiger partial charge in [-0.3, -0.25) is 4.79 Å². The van der Waals surface area contributed by atoms with Crippen molar-refractivity contribution in [3.8, 4) is 5.75 Å². The van der Waals surface area contributed by atoms with Crippen molar-refractivity contribution in [3.63, 3.8) is 0 Å². The van der Waals surface area contributed by atoms with Gasteiger partial charge >= 0.3 is 5.97 Å². The third-order valence-corrected chi connectivity index (χ3v) is 2.49. The highest BCUT2D eigenvalue weighted by molar-refractivity contribution is 5.85. The molecule has 1 N–H and O–H groups in total. The molecule has 4 nitrogen and oxygen atoms in total. The van der Waals surface area contributed by atoms with Gasteiger partial charge in [0.15, 0.2) is 0 Å². The number of ether oxygens (including phenoxy) is 1. The number of rotatable bonds is 3. The molecule has 4 heteroatoms. The lowest BCUT2D eigenvalue weighted by Crippen LogP contribution is -2.10. The maximum Gasteiger partial charge on any atom is 0.308 e. The number of H-pyrrole nitrogens is 1. The Hall–Kier alpha value is -1.81. The van der Waals surface area contributed by atoms with Gasteiger partial charge in [-0.05, 0) is 37.9 Å². The first-order valence-electron chi connectivity index (χ1n) is 5.49. The fourth-order valence-corrected chi connectivity index (χ4v) is 1.86.